The van der Waals surface area contributed by atoms with Gasteiger partial charge in [0, 0.05) is 22.7 Å². The third kappa shape index (κ3) is 2.87. The molecular weight excluding hydrogens is 290 g/mol. The summed E-state index contributed by atoms with van der Waals surface area (Å²) >= 11 is 8.21. The number of H-pyrrole nitrogens is 1. The molecule has 1 aromatic carbocycles. The Kier molecular flexibility index (Phi) is 4.34. The summed E-state index contributed by atoms with van der Waals surface area (Å²) in [6.07, 6.45) is 5.77. The van der Waals surface area contributed by atoms with Gasteiger partial charge in [-0.2, -0.15) is 0 Å². The molecule has 1 aliphatic heterocycles. The molecule has 106 valence electrons. The van der Waals surface area contributed by atoms with Crippen LogP contribution in [0, 0.1) is 0 Å². The average Bonchev–Trinajstić information content (AvgIpc) is 2.82. The van der Waals surface area contributed by atoms with Crippen molar-refractivity contribution < 1.29 is 0 Å². The van der Waals surface area contributed by atoms with Gasteiger partial charge in [0.25, 0.3) is 0 Å². The van der Waals surface area contributed by atoms with E-state index in [-0.39, 0.29) is 0 Å². The van der Waals surface area contributed by atoms with E-state index < -0.39 is 0 Å². The lowest BCUT2D eigenvalue weighted by Gasteiger charge is -2.19. The molecule has 1 aromatic heterocycles. The second kappa shape index (κ2) is 6.20. The Labute approximate surface area is 128 Å². The zero-order valence-electron chi connectivity index (χ0n) is 11.4. The average molecular weight is 308 g/mol. The van der Waals surface area contributed by atoms with E-state index in [2.05, 4.69) is 28.3 Å². The second-order valence-electron chi connectivity index (χ2n) is 5.00. The molecule has 0 fully saturated rings. The highest BCUT2D eigenvalue weighted by Gasteiger charge is 2.20. The first kappa shape index (κ1) is 14.0. The molecule has 3 nitrogen and oxygen atoms in total. The van der Waals surface area contributed by atoms with Crippen molar-refractivity contribution in [1.82, 2.24) is 15.3 Å². The Morgan fingerprint density at radius 2 is 2.15 bits per heavy atom. The van der Waals surface area contributed by atoms with Gasteiger partial charge < -0.3 is 10.3 Å². The number of rotatable bonds is 3. The van der Waals surface area contributed by atoms with Crippen LogP contribution in [0.3, 0.4) is 0 Å². The van der Waals surface area contributed by atoms with E-state index in [1.807, 2.05) is 12.3 Å². The summed E-state index contributed by atoms with van der Waals surface area (Å²) in [5.41, 5.74) is 4.13. The minimum atomic E-state index is 0.293. The highest BCUT2D eigenvalue weighted by molar-refractivity contribution is 7.99. The Morgan fingerprint density at radius 3 is 2.95 bits per heavy atom. The third-order valence-electron chi connectivity index (χ3n) is 3.69. The molecule has 2 N–H and O–H groups in total. The number of benzene rings is 1. The number of nitrogens with zero attached hydrogens (tertiary/aromatic N) is 1. The molecule has 20 heavy (non-hydrogen) atoms. The van der Waals surface area contributed by atoms with E-state index in [1.54, 1.807) is 18.0 Å². The summed E-state index contributed by atoms with van der Waals surface area (Å²) in [4.78, 5) is 7.44. The molecule has 0 bridgehead atoms. The fraction of sp³-hybridized carbons (Fsp3) is 0.400. The number of aromatic nitrogens is 2. The van der Waals surface area contributed by atoms with Crippen molar-refractivity contribution in [3.63, 3.8) is 0 Å². The summed E-state index contributed by atoms with van der Waals surface area (Å²) in [7, 11) is 0. The van der Waals surface area contributed by atoms with Gasteiger partial charge >= 0.3 is 0 Å². The van der Waals surface area contributed by atoms with Gasteiger partial charge in [-0.3, -0.25) is 0 Å². The molecule has 1 aliphatic rings. The number of hydrogen-bond donors (Lipinski definition) is 2. The maximum Gasteiger partial charge on any atom is 0.165 e. The smallest absolute Gasteiger partial charge is 0.165 e. The highest BCUT2D eigenvalue weighted by Crippen LogP contribution is 2.40. The summed E-state index contributed by atoms with van der Waals surface area (Å²) in [5, 5.41) is 5.57. The van der Waals surface area contributed by atoms with Crippen molar-refractivity contribution in [2.45, 2.75) is 30.2 Å². The van der Waals surface area contributed by atoms with Crippen LogP contribution in [0.2, 0.25) is 5.02 Å². The molecule has 0 aliphatic carbocycles. The number of aromatic amines is 1. The van der Waals surface area contributed by atoms with E-state index >= 15 is 0 Å². The van der Waals surface area contributed by atoms with Crippen LogP contribution < -0.4 is 5.32 Å². The maximum atomic E-state index is 6.49. The lowest BCUT2D eigenvalue weighted by Crippen LogP contribution is -2.16. The van der Waals surface area contributed by atoms with Crippen molar-refractivity contribution in [3.8, 4) is 0 Å². The van der Waals surface area contributed by atoms with Crippen LogP contribution in [0.1, 0.15) is 28.9 Å². The maximum absolute atomic E-state index is 6.49. The first-order valence-electron chi connectivity index (χ1n) is 6.92. The fourth-order valence-corrected chi connectivity index (χ4v) is 4.14. The fourth-order valence-electron chi connectivity index (χ4n) is 2.75. The Bertz CT molecular complexity index is 583. The van der Waals surface area contributed by atoms with Crippen LogP contribution in [0.4, 0.5) is 0 Å². The quantitative estimate of drug-likeness (QED) is 0.851. The Hall–Kier alpha value is -0.970. The molecule has 0 amide bonds. The molecule has 1 atom stereocenters. The standard InChI is InChI=1S/C15H18ClN3S/c1-10(20-15-18-8-9-19-15)14-12-5-7-17-6-4-11(12)2-3-13(14)16/h2-3,8-10,17H,4-7H2,1H3,(H,18,19). The number of hydrogen-bond acceptors (Lipinski definition) is 3. The largest absolute Gasteiger partial charge is 0.340 e. The third-order valence-corrected chi connectivity index (χ3v) is 5.06. The van der Waals surface area contributed by atoms with Gasteiger partial charge in [0.1, 0.15) is 0 Å². The number of imidazole rings is 1. The van der Waals surface area contributed by atoms with Crippen LogP contribution in [0.15, 0.2) is 29.7 Å². The number of fused-ring (bicyclic) bond motifs is 1. The lowest BCUT2D eigenvalue weighted by molar-refractivity contribution is 0.710. The zero-order chi connectivity index (χ0) is 13.9. The monoisotopic (exact) mass is 307 g/mol. The van der Waals surface area contributed by atoms with Crippen LogP contribution >= 0.6 is 23.4 Å². The van der Waals surface area contributed by atoms with E-state index in [0.717, 1.165) is 36.1 Å². The molecule has 3 rings (SSSR count). The number of halogens is 1. The predicted octanol–water partition coefficient (Wildman–Crippen LogP) is 3.60. The van der Waals surface area contributed by atoms with Crippen LogP contribution in [0.5, 0.6) is 0 Å². The Balaban J connectivity index is 1.95. The van der Waals surface area contributed by atoms with Gasteiger partial charge in [-0.25, -0.2) is 4.98 Å². The van der Waals surface area contributed by atoms with Gasteiger partial charge in [-0.1, -0.05) is 29.4 Å². The van der Waals surface area contributed by atoms with Crippen molar-refractivity contribution in [2.24, 2.45) is 0 Å². The topological polar surface area (TPSA) is 40.7 Å². The molecular formula is C15H18ClN3S. The molecule has 0 radical (unpaired) electrons. The summed E-state index contributed by atoms with van der Waals surface area (Å²) < 4.78 is 0. The lowest BCUT2D eigenvalue weighted by atomic mass is 9.95. The van der Waals surface area contributed by atoms with Crippen molar-refractivity contribution in [3.05, 3.63) is 46.2 Å². The summed E-state index contributed by atoms with van der Waals surface area (Å²) in [5.74, 6) is 0. The molecule has 2 heterocycles. The van der Waals surface area contributed by atoms with Crippen LogP contribution in [0.25, 0.3) is 0 Å². The minimum absolute atomic E-state index is 0.293. The van der Waals surface area contributed by atoms with Gasteiger partial charge in [0.15, 0.2) is 5.16 Å². The molecule has 0 saturated heterocycles. The second-order valence-corrected chi connectivity index (χ2v) is 6.74. The number of thioether (sulfide) groups is 1. The predicted molar refractivity (Wildman–Crippen MR) is 84.6 cm³/mol. The normalized spacial score (nSPS) is 16.5. The van der Waals surface area contributed by atoms with Crippen LogP contribution in [-0.4, -0.2) is 23.1 Å². The van der Waals surface area contributed by atoms with Gasteiger partial charge in [-0.05, 0) is 55.6 Å². The van der Waals surface area contributed by atoms with E-state index in [9.17, 15) is 0 Å². The first-order chi connectivity index (χ1) is 9.75. The number of nitrogens with one attached hydrogen (secondary N) is 2. The van der Waals surface area contributed by atoms with Crippen molar-refractivity contribution in [2.75, 3.05) is 13.1 Å². The van der Waals surface area contributed by atoms with E-state index in [0.29, 0.717) is 5.25 Å². The van der Waals surface area contributed by atoms with Crippen LogP contribution in [-0.2, 0) is 12.8 Å². The SMILES string of the molecule is CC(Sc1ncc[nH]1)c1c(Cl)ccc2c1CCNCC2. The van der Waals surface area contributed by atoms with Gasteiger partial charge in [0.05, 0.1) is 0 Å². The Morgan fingerprint density at radius 1 is 1.30 bits per heavy atom. The first-order valence-corrected chi connectivity index (χ1v) is 8.18. The van der Waals surface area contributed by atoms with Gasteiger partial charge in [0.2, 0.25) is 0 Å². The molecule has 5 heteroatoms. The highest BCUT2D eigenvalue weighted by atomic mass is 35.5. The van der Waals surface area contributed by atoms with E-state index in [1.165, 1.54) is 16.7 Å². The van der Waals surface area contributed by atoms with E-state index in [4.69, 9.17) is 11.6 Å². The van der Waals surface area contributed by atoms with Gasteiger partial charge in [-0.15, -0.1) is 0 Å². The molecule has 2 aromatic rings. The zero-order valence-corrected chi connectivity index (χ0v) is 13.0. The molecule has 0 saturated carbocycles. The summed E-state index contributed by atoms with van der Waals surface area (Å²) in [6, 6.07) is 4.22. The molecule has 0 spiro atoms. The van der Waals surface area contributed by atoms with Crippen molar-refractivity contribution >= 4 is 23.4 Å². The van der Waals surface area contributed by atoms with Crippen molar-refractivity contribution in [1.29, 1.82) is 0 Å². The minimum Gasteiger partial charge on any atom is -0.340 e. The molecule has 1 unspecified atom stereocenters. The summed E-state index contributed by atoms with van der Waals surface area (Å²) in [6.45, 7) is 4.28.